The molecule has 39 heavy (non-hydrogen) atoms. The van der Waals surface area contributed by atoms with Crippen LogP contribution in [-0.2, 0) is 16.8 Å². The summed E-state index contributed by atoms with van der Waals surface area (Å²) >= 11 is 0. The maximum atomic E-state index is 15.2. The van der Waals surface area contributed by atoms with E-state index in [1.165, 1.54) is 17.7 Å². The van der Waals surface area contributed by atoms with Crippen molar-refractivity contribution in [2.75, 3.05) is 7.11 Å². The monoisotopic (exact) mass is 533 g/mol. The number of hydrogen-bond acceptors (Lipinski definition) is 6. The lowest BCUT2D eigenvalue weighted by Crippen LogP contribution is -2.45. The zero-order valence-corrected chi connectivity index (χ0v) is 22.1. The molecule has 204 valence electrons. The highest BCUT2D eigenvalue weighted by atomic mass is 19.1. The van der Waals surface area contributed by atoms with Gasteiger partial charge in [0.25, 0.3) is 0 Å². The van der Waals surface area contributed by atoms with E-state index in [0.717, 1.165) is 30.3 Å². The van der Waals surface area contributed by atoms with E-state index in [0.29, 0.717) is 31.0 Å². The molecule has 0 bridgehead atoms. The third-order valence-corrected chi connectivity index (χ3v) is 8.67. The minimum absolute atomic E-state index is 0.0388. The summed E-state index contributed by atoms with van der Waals surface area (Å²) in [5.74, 6) is -0.259. The van der Waals surface area contributed by atoms with Crippen LogP contribution in [0.4, 0.5) is 8.78 Å². The highest BCUT2D eigenvalue weighted by Gasteiger charge is 2.38. The van der Waals surface area contributed by atoms with Crippen LogP contribution in [-0.4, -0.2) is 43.9 Å². The second kappa shape index (κ2) is 10.0. The maximum absolute atomic E-state index is 15.2. The van der Waals surface area contributed by atoms with Crippen molar-refractivity contribution in [2.45, 2.75) is 69.1 Å². The molecular weight excluding hydrogens is 500 g/mol. The average molecular weight is 534 g/mol. The summed E-state index contributed by atoms with van der Waals surface area (Å²) in [6, 6.07) is 7.79. The molecule has 1 aromatic carbocycles. The fraction of sp³-hybridized carbons (Fsp3) is 0.433. The van der Waals surface area contributed by atoms with Crippen molar-refractivity contribution in [1.29, 1.82) is 0 Å². The van der Waals surface area contributed by atoms with Crippen LogP contribution in [0.3, 0.4) is 0 Å². The summed E-state index contributed by atoms with van der Waals surface area (Å²) in [4.78, 5) is 8.95. The molecule has 4 aromatic rings. The van der Waals surface area contributed by atoms with Gasteiger partial charge in [0.1, 0.15) is 17.5 Å². The molecule has 2 aliphatic rings. The predicted molar refractivity (Wildman–Crippen MR) is 143 cm³/mol. The molecular formula is C30H33F2N5O2. The van der Waals surface area contributed by atoms with Crippen molar-refractivity contribution in [3.05, 3.63) is 83.1 Å². The third kappa shape index (κ3) is 4.62. The van der Waals surface area contributed by atoms with Crippen molar-refractivity contribution in [1.82, 2.24) is 19.6 Å². The van der Waals surface area contributed by atoms with Gasteiger partial charge in [-0.3, -0.25) is 4.98 Å². The summed E-state index contributed by atoms with van der Waals surface area (Å²) in [5.41, 5.74) is 8.45. The normalized spacial score (nSPS) is 24.6. The molecule has 7 nitrogen and oxygen atoms in total. The lowest BCUT2D eigenvalue weighted by molar-refractivity contribution is -0.0392. The van der Waals surface area contributed by atoms with E-state index in [-0.39, 0.29) is 34.9 Å². The van der Waals surface area contributed by atoms with Gasteiger partial charge in [-0.2, -0.15) is 5.10 Å². The number of nitrogens with two attached hydrogens (primary N) is 1. The molecule has 0 amide bonds. The number of benzene rings is 1. The number of aromatic nitrogens is 4. The quantitative estimate of drug-likeness (QED) is 0.366. The van der Waals surface area contributed by atoms with Crippen molar-refractivity contribution in [3.63, 3.8) is 0 Å². The lowest BCUT2D eigenvalue weighted by atomic mass is 9.74. The Balaban J connectivity index is 1.32. The van der Waals surface area contributed by atoms with Gasteiger partial charge in [0.2, 0.25) is 0 Å². The molecule has 2 aliphatic carbocycles. The van der Waals surface area contributed by atoms with Crippen LogP contribution in [0.2, 0.25) is 0 Å². The first-order valence-corrected chi connectivity index (χ1v) is 13.5. The van der Waals surface area contributed by atoms with Gasteiger partial charge in [0, 0.05) is 32.0 Å². The molecule has 0 unspecified atom stereocenters. The number of nitrogens with zero attached hydrogens (tertiary/aromatic N) is 4. The minimum atomic E-state index is -1.15. The van der Waals surface area contributed by atoms with Gasteiger partial charge < -0.3 is 15.6 Å². The highest BCUT2D eigenvalue weighted by Crippen LogP contribution is 2.43. The smallest absolute Gasteiger partial charge is 0.136 e. The van der Waals surface area contributed by atoms with Gasteiger partial charge in [-0.05, 0) is 91.0 Å². The first-order chi connectivity index (χ1) is 18.8. The number of hydrogen-bond donors (Lipinski definition) is 2. The van der Waals surface area contributed by atoms with Crippen LogP contribution in [0.15, 0.2) is 48.9 Å². The summed E-state index contributed by atoms with van der Waals surface area (Å²) in [7, 11) is 1.72. The van der Waals surface area contributed by atoms with Gasteiger partial charge in [-0.25, -0.2) is 18.3 Å². The molecule has 6 rings (SSSR count). The summed E-state index contributed by atoms with van der Waals surface area (Å²) in [5, 5.41) is 15.2. The van der Waals surface area contributed by atoms with E-state index < -0.39 is 17.2 Å². The zero-order valence-electron chi connectivity index (χ0n) is 22.1. The van der Waals surface area contributed by atoms with E-state index in [1.54, 1.807) is 36.2 Å². The number of fused-ring (bicyclic) bond motifs is 1. The molecule has 0 spiro atoms. The fourth-order valence-corrected chi connectivity index (χ4v) is 6.45. The molecule has 2 fully saturated rings. The molecule has 3 heterocycles. The second-order valence-corrected chi connectivity index (χ2v) is 11.2. The summed E-state index contributed by atoms with van der Waals surface area (Å²) in [6.07, 6.45) is 9.45. The molecule has 9 heteroatoms. The Morgan fingerprint density at radius 3 is 2.56 bits per heavy atom. The molecule has 4 atom stereocenters. The molecule has 0 saturated heterocycles. The first-order valence-electron chi connectivity index (χ1n) is 13.5. The van der Waals surface area contributed by atoms with Crippen molar-refractivity contribution in [3.8, 4) is 11.3 Å². The van der Waals surface area contributed by atoms with E-state index in [2.05, 4.69) is 22.0 Å². The Labute approximate surface area is 226 Å². The number of rotatable bonds is 6. The summed E-state index contributed by atoms with van der Waals surface area (Å²) < 4.78 is 37.7. The Kier molecular flexibility index (Phi) is 6.69. The van der Waals surface area contributed by atoms with Gasteiger partial charge in [0.05, 0.1) is 34.7 Å². The SMILES string of the molecule is CO[C@H]1[C@H](N)C[C@H](c2ccncc2Cc2ncc3ccc(-c4c(F)cc(C5(O)CCC5)cc4F)nn23)C[C@@H]1C. The van der Waals surface area contributed by atoms with Gasteiger partial charge >= 0.3 is 0 Å². The largest absolute Gasteiger partial charge is 0.385 e. The van der Waals surface area contributed by atoms with Crippen LogP contribution < -0.4 is 5.73 Å². The van der Waals surface area contributed by atoms with Crippen molar-refractivity contribution < 1.29 is 18.6 Å². The number of imidazole rings is 1. The fourth-order valence-electron chi connectivity index (χ4n) is 6.45. The number of halogens is 2. The Morgan fingerprint density at radius 1 is 1.13 bits per heavy atom. The number of pyridine rings is 1. The molecule has 2 saturated carbocycles. The first kappa shape index (κ1) is 26.0. The number of methoxy groups -OCH3 is 1. The standard InChI is InChI=1S/C30H33F2N5O2/c1-17-10-18(11-25(33)29(17)39-2)22-6-9-34-15-19(22)12-27-35-16-21-4-5-26(36-37(21)27)28-23(31)13-20(14-24(28)32)30(38)7-3-8-30/h4-6,9,13-18,25,29,38H,3,7-8,10-12,33H2,1-2H3/t17-,18+,25+,29+/m0/s1. The van der Waals surface area contributed by atoms with Crippen LogP contribution in [0.25, 0.3) is 16.8 Å². The predicted octanol–water partition coefficient (Wildman–Crippen LogP) is 4.89. The van der Waals surface area contributed by atoms with E-state index in [9.17, 15) is 5.11 Å². The highest BCUT2D eigenvalue weighted by molar-refractivity contribution is 5.63. The van der Waals surface area contributed by atoms with Crippen LogP contribution in [0.5, 0.6) is 0 Å². The molecule has 0 aliphatic heterocycles. The van der Waals surface area contributed by atoms with Crippen LogP contribution >= 0.6 is 0 Å². The lowest BCUT2D eigenvalue weighted by Gasteiger charge is -2.38. The van der Waals surface area contributed by atoms with Crippen LogP contribution in [0.1, 0.15) is 67.5 Å². The number of aliphatic hydroxyl groups is 1. The van der Waals surface area contributed by atoms with E-state index >= 15 is 8.78 Å². The zero-order chi connectivity index (χ0) is 27.3. The van der Waals surface area contributed by atoms with Gasteiger partial charge in [-0.15, -0.1) is 0 Å². The average Bonchev–Trinajstić information content (AvgIpc) is 3.29. The molecule has 3 aromatic heterocycles. The Bertz CT molecular complexity index is 1480. The van der Waals surface area contributed by atoms with Crippen LogP contribution in [0, 0.1) is 17.6 Å². The third-order valence-electron chi connectivity index (χ3n) is 8.67. The van der Waals surface area contributed by atoms with E-state index in [4.69, 9.17) is 10.5 Å². The Morgan fingerprint density at radius 2 is 1.90 bits per heavy atom. The summed E-state index contributed by atoms with van der Waals surface area (Å²) in [6.45, 7) is 2.17. The van der Waals surface area contributed by atoms with Crippen molar-refractivity contribution >= 4 is 5.52 Å². The number of ether oxygens (including phenoxy) is 1. The second-order valence-electron chi connectivity index (χ2n) is 11.2. The molecule has 0 radical (unpaired) electrons. The minimum Gasteiger partial charge on any atom is -0.385 e. The van der Waals surface area contributed by atoms with E-state index in [1.807, 2.05) is 12.3 Å². The van der Waals surface area contributed by atoms with Crippen molar-refractivity contribution in [2.24, 2.45) is 11.7 Å². The van der Waals surface area contributed by atoms with Gasteiger partial charge in [0.15, 0.2) is 0 Å². The topological polar surface area (TPSA) is 98.6 Å². The van der Waals surface area contributed by atoms with Gasteiger partial charge in [-0.1, -0.05) is 6.92 Å². The molecule has 3 N–H and O–H groups in total. The maximum Gasteiger partial charge on any atom is 0.136 e. The Hall–Kier alpha value is -3.27.